The van der Waals surface area contributed by atoms with E-state index in [1.807, 2.05) is 0 Å². The van der Waals surface area contributed by atoms with Crippen LogP contribution in [0.5, 0.6) is 5.75 Å². The third-order valence-electron chi connectivity index (χ3n) is 3.17. The van der Waals surface area contributed by atoms with Crippen LogP contribution in [0.25, 0.3) is 0 Å². The molecule has 1 N–H and O–H groups in total. The number of hydrogen-bond acceptors (Lipinski definition) is 3. The molecule has 1 unspecified atom stereocenters. The first kappa shape index (κ1) is 12.8. The number of aryl methyl sites for hydroxylation is 1. The molecular weight excluding hydrogens is 271 g/mol. The van der Waals surface area contributed by atoms with E-state index in [1.54, 1.807) is 24.1 Å². The summed E-state index contributed by atoms with van der Waals surface area (Å²) in [6.45, 7) is 0.297. The van der Waals surface area contributed by atoms with Gasteiger partial charge in [0, 0.05) is 18.8 Å². The SMILES string of the molecule is Cn1cc(NC2COc3cc(C(F)(F)F)ccc32)cn1. The van der Waals surface area contributed by atoms with Crippen molar-refractivity contribution in [1.29, 1.82) is 0 Å². The maximum absolute atomic E-state index is 12.6. The fourth-order valence-corrected chi connectivity index (χ4v) is 2.20. The van der Waals surface area contributed by atoms with Crippen molar-refractivity contribution in [2.75, 3.05) is 11.9 Å². The van der Waals surface area contributed by atoms with Crippen molar-refractivity contribution in [1.82, 2.24) is 9.78 Å². The van der Waals surface area contributed by atoms with E-state index in [4.69, 9.17) is 4.74 Å². The molecule has 0 amide bonds. The quantitative estimate of drug-likeness (QED) is 0.921. The minimum Gasteiger partial charge on any atom is -0.491 e. The third-order valence-corrected chi connectivity index (χ3v) is 3.17. The van der Waals surface area contributed by atoms with Crippen molar-refractivity contribution >= 4 is 5.69 Å². The van der Waals surface area contributed by atoms with Gasteiger partial charge in [0.15, 0.2) is 0 Å². The van der Waals surface area contributed by atoms with Crippen molar-refractivity contribution in [3.63, 3.8) is 0 Å². The van der Waals surface area contributed by atoms with E-state index in [1.165, 1.54) is 6.07 Å². The van der Waals surface area contributed by atoms with Gasteiger partial charge in [-0.15, -0.1) is 0 Å². The fourth-order valence-electron chi connectivity index (χ4n) is 2.20. The summed E-state index contributed by atoms with van der Waals surface area (Å²) < 4.78 is 44.8. The average Bonchev–Trinajstić information content (AvgIpc) is 2.95. The Balaban J connectivity index is 1.84. The number of anilines is 1. The van der Waals surface area contributed by atoms with Crippen molar-refractivity contribution < 1.29 is 17.9 Å². The summed E-state index contributed by atoms with van der Waals surface area (Å²) >= 11 is 0. The Labute approximate surface area is 113 Å². The Morgan fingerprint density at radius 1 is 1.40 bits per heavy atom. The Morgan fingerprint density at radius 2 is 2.20 bits per heavy atom. The Hall–Kier alpha value is -2.18. The second-order valence-electron chi connectivity index (χ2n) is 4.66. The molecule has 1 aromatic carbocycles. The van der Waals surface area contributed by atoms with Crippen LogP contribution in [0.15, 0.2) is 30.6 Å². The van der Waals surface area contributed by atoms with Gasteiger partial charge in [-0.1, -0.05) is 6.07 Å². The smallest absolute Gasteiger partial charge is 0.416 e. The van der Waals surface area contributed by atoms with Crippen LogP contribution in [0, 0.1) is 0 Å². The van der Waals surface area contributed by atoms with Crippen LogP contribution in [-0.4, -0.2) is 16.4 Å². The second kappa shape index (κ2) is 4.43. The lowest BCUT2D eigenvalue weighted by molar-refractivity contribution is -0.137. The Bertz CT molecular complexity index is 636. The minimum atomic E-state index is -4.35. The van der Waals surface area contributed by atoms with E-state index < -0.39 is 11.7 Å². The number of aromatic nitrogens is 2. The van der Waals surface area contributed by atoms with E-state index in [0.29, 0.717) is 6.61 Å². The minimum absolute atomic E-state index is 0.170. The molecule has 0 aliphatic carbocycles. The summed E-state index contributed by atoms with van der Waals surface area (Å²) in [6.07, 6.45) is -0.905. The lowest BCUT2D eigenvalue weighted by Crippen LogP contribution is -2.11. The largest absolute Gasteiger partial charge is 0.491 e. The molecule has 0 spiro atoms. The predicted octanol–water partition coefficient (Wildman–Crippen LogP) is 2.98. The van der Waals surface area contributed by atoms with Crippen LogP contribution in [0.4, 0.5) is 18.9 Å². The number of nitrogens with zero attached hydrogens (tertiary/aromatic N) is 2. The summed E-state index contributed by atoms with van der Waals surface area (Å²) in [5, 5.41) is 7.21. The first-order valence-corrected chi connectivity index (χ1v) is 6.02. The number of hydrogen-bond donors (Lipinski definition) is 1. The molecule has 2 heterocycles. The van der Waals surface area contributed by atoms with Crippen molar-refractivity contribution in [3.05, 3.63) is 41.7 Å². The van der Waals surface area contributed by atoms with Crippen LogP contribution >= 0.6 is 0 Å². The molecule has 0 saturated carbocycles. The standard InChI is InChI=1S/C13H12F3N3O/c1-19-6-9(5-17-19)18-11-7-20-12-4-8(13(14,15)16)2-3-10(11)12/h2-6,11,18H,7H2,1H3. The van der Waals surface area contributed by atoms with Gasteiger partial charge in [-0.2, -0.15) is 18.3 Å². The highest BCUT2D eigenvalue weighted by atomic mass is 19.4. The van der Waals surface area contributed by atoms with E-state index in [-0.39, 0.29) is 11.8 Å². The van der Waals surface area contributed by atoms with Crippen LogP contribution in [0.2, 0.25) is 0 Å². The zero-order valence-electron chi connectivity index (χ0n) is 10.6. The van der Waals surface area contributed by atoms with Gasteiger partial charge in [0.05, 0.1) is 23.5 Å². The number of alkyl halides is 3. The van der Waals surface area contributed by atoms with Gasteiger partial charge in [-0.25, -0.2) is 0 Å². The topological polar surface area (TPSA) is 39.1 Å². The monoisotopic (exact) mass is 283 g/mol. The number of nitrogens with one attached hydrogen (secondary N) is 1. The van der Waals surface area contributed by atoms with Crippen molar-refractivity contribution in [2.24, 2.45) is 7.05 Å². The van der Waals surface area contributed by atoms with Gasteiger partial charge in [-0.05, 0) is 12.1 Å². The van der Waals surface area contributed by atoms with E-state index in [2.05, 4.69) is 10.4 Å². The summed E-state index contributed by atoms with van der Waals surface area (Å²) in [5.41, 5.74) is 0.828. The van der Waals surface area contributed by atoms with Crippen molar-refractivity contribution in [2.45, 2.75) is 12.2 Å². The molecule has 1 atom stereocenters. The molecule has 1 aliphatic heterocycles. The third kappa shape index (κ3) is 2.31. The number of benzene rings is 1. The molecule has 7 heteroatoms. The maximum Gasteiger partial charge on any atom is 0.416 e. The molecule has 2 aromatic rings. The van der Waals surface area contributed by atoms with Gasteiger partial charge in [0.25, 0.3) is 0 Å². The molecule has 1 aliphatic rings. The van der Waals surface area contributed by atoms with E-state index >= 15 is 0 Å². The molecule has 0 radical (unpaired) electrons. The molecule has 1 aromatic heterocycles. The van der Waals surface area contributed by atoms with E-state index in [9.17, 15) is 13.2 Å². The first-order valence-electron chi connectivity index (χ1n) is 6.02. The average molecular weight is 283 g/mol. The van der Waals surface area contributed by atoms with Crippen LogP contribution < -0.4 is 10.1 Å². The number of rotatable bonds is 2. The highest BCUT2D eigenvalue weighted by Crippen LogP contribution is 2.39. The lowest BCUT2D eigenvalue weighted by Gasteiger charge is -2.12. The van der Waals surface area contributed by atoms with Crippen LogP contribution in [0.1, 0.15) is 17.2 Å². The summed E-state index contributed by atoms with van der Waals surface area (Å²) in [4.78, 5) is 0. The highest BCUT2D eigenvalue weighted by Gasteiger charge is 2.33. The normalized spacial score (nSPS) is 17.7. The number of ether oxygens (including phenoxy) is 1. The summed E-state index contributed by atoms with van der Waals surface area (Å²) in [5.74, 6) is 0.279. The zero-order valence-corrected chi connectivity index (χ0v) is 10.6. The lowest BCUT2D eigenvalue weighted by atomic mass is 10.1. The molecule has 4 nitrogen and oxygen atoms in total. The van der Waals surface area contributed by atoms with Gasteiger partial charge >= 0.3 is 6.18 Å². The van der Waals surface area contributed by atoms with Gasteiger partial charge in [-0.3, -0.25) is 4.68 Å². The molecule has 20 heavy (non-hydrogen) atoms. The highest BCUT2D eigenvalue weighted by molar-refractivity contribution is 5.49. The van der Waals surface area contributed by atoms with Crippen molar-refractivity contribution in [3.8, 4) is 5.75 Å². The summed E-state index contributed by atoms with van der Waals surface area (Å²) in [6, 6.07) is 3.40. The maximum atomic E-state index is 12.6. The predicted molar refractivity (Wildman–Crippen MR) is 66.5 cm³/mol. The van der Waals surface area contributed by atoms with Crippen LogP contribution in [-0.2, 0) is 13.2 Å². The number of halogens is 3. The summed E-state index contributed by atoms with van der Waals surface area (Å²) in [7, 11) is 1.79. The first-order chi connectivity index (χ1) is 9.43. The molecule has 106 valence electrons. The van der Waals surface area contributed by atoms with Crippen LogP contribution in [0.3, 0.4) is 0 Å². The fraction of sp³-hybridized carbons (Fsp3) is 0.308. The molecule has 0 bridgehead atoms. The Morgan fingerprint density at radius 3 is 2.85 bits per heavy atom. The number of fused-ring (bicyclic) bond motifs is 1. The van der Waals surface area contributed by atoms with Gasteiger partial charge < -0.3 is 10.1 Å². The molecule has 3 rings (SSSR count). The molecule has 0 saturated heterocycles. The van der Waals surface area contributed by atoms with E-state index in [0.717, 1.165) is 23.4 Å². The molecule has 0 fully saturated rings. The Kier molecular flexibility index (Phi) is 2.84. The zero-order chi connectivity index (χ0) is 14.3. The molecular formula is C13H12F3N3O. The van der Waals surface area contributed by atoms with Gasteiger partial charge in [0.2, 0.25) is 0 Å². The van der Waals surface area contributed by atoms with Gasteiger partial charge in [0.1, 0.15) is 12.4 Å². The second-order valence-corrected chi connectivity index (χ2v) is 4.66.